The van der Waals surface area contributed by atoms with E-state index in [-0.39, 0.29) is 12.5 Å². The summed E-state index contributed by atoms with van der Waals surface area (Å²) in [5, 5.41) is 5.16. The summed E-state index contributed by atoms with van der Waals surface area (Å²) in [5.74, 6) is 0.357. The second kappa shape index (κ2) is 8.61. The lowest BCUT2D eigenvalue weighted by molar-refractivity contribution is -0.123. The van der Waals surface area contributed by atoms with Crippen molar-refractivity contribution in [2.45, 2.75) is 13.8 Å². The molecule has 2 aromatic heterocycles. The minimum atomic E-state index is -0.326. The smallest absolute Gasteiger partial charge is 0.277 e. The monoisotopic (exact) mass is 398 g/mol. The number of nitrogens with zero attached hydrogens (tertiary/aromatic N) is 2. The fraction of sp³-hybridized carbons (Fsp3) is 0.125. The van der Waals surface area contributed by atoms with Crippen molar-refractivity contribution in [3.05, 3.63) is 83.8 Å². The Morgan fingerprint density at radius 2 is 1.97 bits per heavy atom. The molecule has 0 radical (unpaired) electrons. The molecule has 6 nitrogen and oxygen atoms in total. The van der Waals surface area contributed by atoms with E-state index in [1.165, 1.54) is 0 Å². The van der Waals surface area contributed by atoms with Gasteiger partial charge < -0.3 is 9.72 Å². The summed E-state index contributed by atoms with van der Waals surface area (Å²) in [5.41, 5.74) is 8.45. The first-order valence-electron chi connectivity index (χ1n) is 9.63. The number of ether oxygens (including phenoxy) is 1. The van der Waals surface area contributed by atoms with Gasteiger partial charge in [0.2, 0.25) is 0 Å². The van der Waals surface area contributed by atoms with Gasteiger partial charge in [0.15, 0.2) is 6.61 Å². The van der Waals surface area contributed by atoms with Crippen molar-refractivity contribution < 1.29 is 9.53 Å². The zero-order chi connectivity index (χ0) is 20.9. The SMILES string of the molecule is Cc1cc(C)c(OCC(=O)N/N=C/c2ccc3cc[nH]c3c2)c(-c2ccncc2)c1. The number of rotatable bonds is 6. The first kappa shape index (κ1) is 19.4. The highest BCUT2D eigenvalue weighted by Gasteiger charge is 2.12. The number of carbonyl (C=O) groups excluding carboxylic acids is 1. The van der Waals surface area contributed by atoms with Gasteiger partial charge >= 0.3 is 0 Å². The molecule has 1 amide bonds. The summed E-state index contributed by atoms with van der Waals surface area (Å²) < 4.78 is 5.88. The standard InChI is InChI=1S/C24H22N4O2/c1-16-11-17(2)24(21(12-16)19-5-8-25-9-6-19)30-15-23(29)28-27-14-18-3-4-20-7-10-26-22(20)13-18/h3-14,26H,15H2,1-2H3,(H,28,29)/b27-14+. The largest absolute Gasteiger partial charge is 0.483 e. The third-order valence-electron chi connectivity index (χ3n) is 4.74. The number of nitrogens with one attached hydrogen (secondary N) is 2. The van der Waals surface area contributed by atoms with Gasteiger partial charge in [0.05, 0.1) is 6.21 Å². The topological polar surface area (TPSA) is 79.4 Å². The third-order valence-corrected chi connectivity index (χ3v) is 4.74. The highest BCUT2D eigenvalue weighted by molar-refractivity contribution is 5.89. The number of hydrazone groups is 1. The first-order chi connectivity index (χ1) is 14.6. The Bertz CT molecular complexity index is 1210. The molecule has 2 N–H and O–H groups in total. The Labute approximate surface area is 174 Å². The fourth-order valence-electron chi connectivity index (χ4n) is 3.39. The van der Waals surface area contributed by atoms with Gasteiger partial charge in [-0.1, -0.05) is 18.2 Å². The Balaban J connectivity index is 1.42. The number of aromatic nitrogens is 2. The van der Waals surface area contributed by atoms with Crippen LogP contribution in [0.4, 0.5) is 0 Å². The number of carbonyl (C=O) groups is 1. The summed E-state index contributed by atoms with van der Waals surface area (Å²) >= 11 is 0. The van der Waals surface area contributed by atoms with Crippen molar-refractivity contribution in [2.75, 3.05) is 6.61 Å². The number of hydrogen-bond donors (Lipinski definition) is 2. The highest BCUT2D eigenvalue weighted by Crippen LogP contribution is 2.34. The minimum Gasteiger partial charge on any atom is -0.483 e. The number of fused-ring (bicyclic) bond motifs is 1. The Kier molecular flexibility index (Phi) is 5.57. The third kappa shape index (κ3) is 4.38. The Hall–Kier alpha value is -3.93. The molecule has 2 aromatic carbocycles. The van der Waals surface area contributed by atoms with Crippen LogP contribution in [0.5, 0.6) is 5.75 Å². The van der Waals surface area contributed by atoms with Gasteiger partial charge in [-0.3, -0.25) is 9.78 Å². The lowest BCUT2D eigenvalue weighted by Crippen LogP contribution is -2.25. The van der Waals surface area contributed by atoms with Gasteiger partial charge in [-0.05, 0) is 71.8 Å². The van der Waals surface area contributed by atoms with Crippen molar-refractivity contribution in [1.29, 1.82) is 0 Å². The minimum absolute atomic E-state index is 0.130. The average Bonchev–Trinajstić information content (AvgIpc) is 3.21. The van der Waals surface area contributed by atoms with E-state index < -0.39 is 0 Å². The van der Waals surface area contributed by atoms with Crippen LogP contribution in [0.15, 0.2) is 72.2 Å². The molecule has 0 aliphatic heterocycles. The number of amides is 1. The maximum Gasteiger partial charge on any atom is 0.277 e. The summed E-state index contributed by atoms with van der Waals surface area (Å²) in [6.07, 6.45) is 6.97. The number of aromatic amines is 1. The van der Waals surface area contributed by atoms with Gasteiger partial charge in [-0.2, -0.15) is 5.10 Å². The van der Waals surface area contributed by atoms with Crippen LogP contribution in [0.1, 0.15) is 16.7 Å². The van der Waals surface area contributed by atoms with E-state index >= 15 is 0 Å². The van der Waals surface area contributed by atoms with Crippen LogP contribution in [0, 0.1) is 13.8 Å². The second-order valence-corrected chi connectivity index (χ2v) is 7.10. The molecule has 4 aromatic rings. The van der Waals surface area contributed by atoms with Crippen molar-refractivity contribution in [3.8, 4) is 16.9 Å². The Morgan fingerprint density at radius 1 is 1.13 bits per heavy atom. The summed E-state index contributed by atoms with van der Waals surface area (Å²) in [6.45, 7) is 3.88. The average molecular weight is 398 g/mol. The van der Waals surface area contributed by atoms with Crippen LogP contribution in [0.25, 0.3) is 22.0 Å². The molecule has 2 heterocycles. The predicted molar refractivity (Wildman–Crippen MR) is 119 cm³/mol. The summed E-state index contributed by atoms with van der Waals surface area (Å²) in [7, 11) is 0. The van der Waals surface area contributed by atoms with Gasteiger partial charge in [0.25, 0.3) is 5.91 Å². The molecular formula is C24H22N4O2. The molecule has 0 spiro atoms. The van der Waals surface area contributed by atoms with Gasteiger partial charge in [0, 0.05) is 29.7 Å². The van der Waals surface area contributed by atoms with Gasteiger partial charge in [-0.25, -0.2) is 5.43 Å². The maximum atomic E-state index is 12.2. The molecule has 0 aliphatic carbocycles. The number of benzene rings is 2. The Morgan fingerprint density at radius 3 is 2.80 bits per heavy atom. The zero-order valence-electron chi connectivity index (χ0n) is 16.8. The molecule has 0 saturated carbocycles. The molecule has 0 fully saturated rings. The highest BCUT2D eigenvalue weighted by atomic mass is 16.5. The van der Waals surface area contributed by atoms with Crippen LogP contribution in [0.3, 0.4) is 0 Å². The van der Waals surface area contributed by atoms with Crippen LogP contribution in [0.2, 0.25) is 0 Å². The normalized spacial score (nSPS) is 11.1. The van der Waals surface area contributed by atoms with E-state index in [1.807, 2.05) is 68.6 Å². The molecule has 6 heteroatoms. The zero-order valence-corrected chi connectivity index (χ0v) is 16.8. The number of H-pyrrole nitrogens is 1. The first-order valence-corrected chi connectivity index (χ1v) is 9.63. The van der Waals surface area contributed by atoms with Gasteiger partial charge in [0.1, 0.15) is 5.75 Å². The van der Waals surface area contributed by atoms with E-state index in [0.29, 0.717) is 5.75 Å². The molecule has 30 heavy (non-hydrogen) atoms. The quantitative estimate of drug-likeness (QED) is 0.374. The van der Waals surface area contributed by atoms with Crippen LogP contribution in [-0.4, -0.2) is 28.7 Å². The molecule has 0 atom stereocenters. The van der Waals surface area contributed by atoms with E-state index in [0.717, 1.165) is 38.7 Å². The molecule has 0 aliphatic rings. The predicted octanol–water partition coefficient (Wildman–Crippen LogP) is 4.38. The van der Waals surface area contributed by atoms with Crippen LogP contribution >= 0.6 is 0 Å². The fourth-order valence-corrected chi connectivity index (χ4v) is 3.39. The summed E-state index contributed by atoms with van der Waals surface area (Å²) in [4.78, 5) is 19.5. The van der Waals surface area contributed by atoms with Gasteiger partial charge in [-0.15, -0.1) is 0 Å². The van der Waals surface area contributed by atoms with E-state index in [4.69, 9.17) is 4.74 Å². The molecule has 150 valence electrons. The molecule has 0 unspecified atom stereocenters. The number of aryl methyl sites for hydroxylation is 2. The molecule has 4 rings (SSSR count). The molecule has 0 bridgehead atoms. The second-order valence-electron chi connectivity index (χ2n) is 7.10. The van der Waals surface area contributed by atoms with Crippen LogP contribution in [-0.2, 0) is 4.79 Å². The van der Waals surface area contributed by atoms with E-state index in [2.05, 4.69) is 20.5 Å². The van der Waals surface area contributed by atoms with Crippen molar-refractivity contribution in [3.63, 3.8) is 0 Å². The van der Waals surface area contributed by atoms with E-state index in [1.54, 1.807) is 18.6 Å². The summed E-state index contributed by atoms with van der Waals surface area (Å²) in [6, 6.07) is 15.8. The lowest BCUT2D eigenvalue weighted by Gasteiger charge is -2.15. The molecule has 0 saturated heterocycles. The number of hydrogen-bond acceptors (Lipinski definition) is 4. The van der Waals surface area contributed by atoms with Crippen molar-refractivity contribution >= 4 is 23.0 Å². The van der Waals surface area contributed by atoms with Crippen molar-refractivity contribution in [1.82, 2.24) is 15.4 Å². The lowest BCUT2D eigenvalue weighted by atomic mass is 10.00. The van der Waals surface area contributed by atoms with Crippen molar-refractivity contribution in [2.24, 2.45) is 5.10 Å². The molecular weight excluding hydrogens is 376 g/mol. The van der Waals surface area contributed by atoms with Crippen LogP contribution < -0.4 is 10.2 Å². The number of pyridine rings is 1. The van der Waals surface area contributed by atoms with E-state index in [9.17, 15) is 4.79 Å². The maximum absolute atomic E-state index is 12.2.